The fourth-order valence-electron chi connectivity index (χ4n) is 7.87. The Bertz CT molecular complexity index is 1750. The number of aliphatic hydroxyl groups excluding tert-OH is 1. The molecule has 3 aromatic rings. The number of fused-ring (bicyclic) bond motifs is 1. The van der Waals surface area contributed by atoms with Crippen molar-refractivity contribution < 1.29 is 33.8 Å². The van der Waals surface area contributed by atoms with Gasteiger partial charge in [-0.15, -0.1) is 13.2 Å². The lowest BCUT2D eigenvalue weighted by Crippen LogP contribution is -2.57. The minimum Gasteiger partial charge on any atom is -0.455 e. The minimum absolute atomic E-state index is 0.0269. The molecule has 10 nitrogen and oxygen atoms in total. The molecule has 0 radical (unpaired) electrons. The van der Waals surface area contributed by atoms with E-state index in [-0.39, 0.29) is 25.4 Å². The van der Waals surface area contributed by atoms with E-state index in [1.165, 1.54) is 9.80 Å². The van der Waals surface area contributed by atoms with Gasteiger partial charge in [0.1, 0.15) is 17.7 Å². The summed E-state index contributed by atoms with van der Waals surface area (Å²) < 4.78 is 12.8. The van der Waals surface area contributed by atoms with Crippen molar-refractivity contribution in [2.75, 3.05) is 24.6 Å². The maximum atomic E-state index is 14.9. The van der Waals surface area contributed by atoms with Gasteiger partial charge < -0.3 is 29.7 Å². The number of nitrogens with zero attached hydrogens (tertiary/aromatic N) is 2. The summed E-state index contributed by atoms with van der Waals surface area (Å²) in [6.45, 7) is 7.21. The van der Waals surface area contributed by atoms with Gasteiger partial charge in [-0.2, -0.15) is 0 Å². The SMILES string of the molecule is C=CCCC(=O)NC[C@@H](OC(=O)[C@@H]1[C@@H]2CC[C@]3(O2)[C@H](C(=O)N(CC=C)c2ccc(Cl)cc2)N([C@H](CO)c2ccccc2)C(=O)[C@@H]13)c1ccccc1. The second-order valence-corrected chi connectivity index (χ2v) is 13.5. The van der Waals surface area contributed by atoms with Crippen LogP contribution < -0.4 is 10.2 Å². The molecule has 3 saturated heterocycles. The maximum Gasteiger partial charge on any atom is 0.313 e. The molecule has 7 atom stereocenters. The average Bonchev–Trinajstić information content (AvgIpc) is 3.80. The van der Waals surface area contributed by atoms with Gasteiger partial charge in [-0.1, -0.05) is 84.4 Å². The highest BCUT2D eigenvalue weighted by atomic mass is 35.5. The molecule has 0 aromatic heterocycles. The number of aliphatic hydroxyl groups is 1. The monoisotopic (exact) mass is 711 g/mol. The summed E-state index contributed by atoms with van der Waals surface area (Å²) in [5.74, 6) is -3.83. The van der Waals surface area contributed by atoms with Crippen molar-refractivity contribution in [3.63, 3.8) is 0 Å². The topological polar surface area (TPSA) is 125 Å². The number of hydrogen-bond donors (Lipinski definition) is 2. The van der Waals surface area contributed by atoms with Gasteiger partial charge in [0.15, 0.2) is 0 Å². The largest absolute Gasteiger partial charge is 0.455 e. The standard InChI is InChI=1S/C40H42ClN3O7/c1-3-5-16-33(46)42-24-32(27-14-10-7-11-15-27)50-39(49)34-31-21-22-40(51-31)35(34)37(47)44(30(25-45)26-12-8-6-9-13-26)36(40)38(48)43(23-4-2)29-19-17-28(41)18-20-29/h3-4,6-15,17-20,30-32,34-36,45H,1-2,5,16,21-25H2,(H,42,46)/t30-,31+,32-,34-,35-,36+,40-/m1/s1. The Morgan fingerprint density at radius 1 is 1.02 bits per heavy atom. The smallest absolute Gasteiger partial charge is 0.313 e. The van der Waals surface area contributed by atoms with Gasteiger partial charge in [0.2, 0.25) is 11.8 Å². The second kappa shape index (κ2) is 15.6. The number of rotatable bonds is 15. The molecule has 51 heavy (non-hydrogen) atoms. The Balaban J connectivity index is 1.37. The molecule has 0 saturated carbocycles. The number of anilines is 1. The number of hydrogen-bond acceptors (Lipinski definition) is 7. The minimum atomic E-state index is -1.36. The van der Waals surface area contributed by atoms with E-state index in [2.05, 4.69) is 18.5 Å². The van der Waals surface area contributed by atoms with E-state index in [9.17, 15) is 24.3 Å². The number of amides is 3. The number of esters is 1. The van der Waals surface area contributed by atoms with E-state index in [1.807, 2.05) is 24.3 Å². The lowest BCUT2D eigenvalue weighted by atomic mass is 9.70. The number of likely N-dealkylation sites (tertiary alicyclic amines) is 1. The number of halogens is 1. The lowest BCUT2D eigenvalue weighted by molar-refractivity contribution is -0.161. The summed E-state index contributed by atoms with van der Waals surface area (Å²) in [5.41, 5.74) is 0.488. The summed E-state index contributed by atoms with van der Waals surface area (Å²) in [6.07, 6.45) is 3.26. The van der Waals surface area contributed by atoms with Crippen molar-refractivity contribution >= 4 is 41.0 Å². The Morgan fingerprint density at radius 3 is 2.31 bits per heavy atom. The first-order chi connectivity index (χ1) is 24.7. The number of allylic oxidation sites excluding steroid dienone is 1. The average molecular weight is 712 g/mol. The number of carbonyl (C=O) groups is 4. The van der Waals surface area contributed by atoms with Crippen molar-refractivity contribution in [3.05, 3.63) is 126 Å². The molecule has 3 heterocycles. The fourth-order valence-corrected chi connectivity index (χ4v) is 7.99. The molecule has 3 amide bonds. The third-order valence-electron chi connectivity index (χ3n) is 10.1. The van der Waals surface area contributed by atoms with Crippen LogP contribution in [0, 0.1) is 11.8 Å². The van der Waals surface area contributed by atoms with Gasteiger partial charge in [-0.25, -0.2) is 0 Å². The van der Waals surface area contributed by atoms with Crippen LogP contribution in [0.25, 0.3) is 0 Å². The number of nitrogens with one attached hydrogen (secondary N) is 1. The van der Waals surface area contributed by atoms with Crippen LogP contribution in [0.2, 0.25) is 5.02 Å². The molecule has 0 aliphatic carbocycles. The van der Waals surface area contributed by atoms with Crippen LogP contribution in [0.1, 0.15) is 49.0 Å². The highest BCUT2D eigenvalue weighted by Gasteiger charge is 2.76. The van der Waals surface area contributed by atoms with Crippen molar-refractivity contribution in [1.82, 2.24) is 10.2 Å². The number of benzene rings is 3. The van der Waals surface area contributed by atoms with Crippen LogP contribution in [-0.2, 0) is 28.7 Å². The van der Waals surface area contributed by atoms with E-state index in [0.29, 0.717) is 41.1 Å². The second-order valence-electron chi connectivity index (χ2n) is 13.1. The number of ether oxygens (including phenoxy) is 2. The van der Waals surface area contributed by atoms with Gasteiger partial charge in [-0.3, -0.25) is 19.2 Å². The first-order valence-electron chi connectivity index (χ1n) is 17.2. The van der Waals surface area contributed by atoms with Gasteiger partial charge >= 0.3 is 5.97 Å². The predicted molar refractivity (Wildman–Crippen MR) is 192 cm³/mol. The highest BCUT2D eigenvalue weighted by Crippen LogP contribution is 2.60. The molecule has 1 spiro atoms. The maximum absolute atomic E-state index is 14.9. The zero-order chi connectivity index (χ0) is 36.1. The van der Waals surface area contributed by atoms with Crippen LogP contribution in [0.4, 0.5) is 5.69 Å². The summed E-state index contributed by atoms with van der Waals surface area (Å²) in [4.78, 5) is 59.6. The van der Waals surface area contributed by atoms with Gasteiger partial charge in [0.05, 0.1) is 37.1 Å². The Labute approximate surface area is 302 Å². The molecular formula is C40H42ClN3O7. The van der Waals surface area contributed by atoms with Crippen molar-refractivity contribution in [1.29, 1.82) is 0 Å². The van der Waals surface area contributed by atoms with E-state index in [0.717, 1.165) is 0 Å². The van der Waals surface area contributed by atoms with Crippen molar-refractivity contribution in [2.45, 2.75) is 55.6 Å². The first kappa shape index (κ1) is 36.0. The van der Waals surface area contributed by atoms with E-state index >= 15 is 0 Å². The number of carbonyl (C=O) groups excluding carboxylic acids is 4. The Hall–Kier alpha value is -4.77. The fraction of sp³-hybridized carbons (Fsp3) is 0.350. The lowest BCUT2D eigenvalue weighted by Gasteiger charge is -2.39. The quantitative estimate of drug-likeness (QED) is 0.161. The molecule has 3 aromatic carbocycles. The molecule has 6 rings (SSSR count). The predicted octanol–water partition coefficient (Wildman–Crippen LogP) is 5.33. The van der Waals surface area contributed by atoms with Crippen molar-refractivity contribution in [3.8, 4) is 0 Å². The van der Waals surface area contributed by atoms with Crippen molar-refractivity contribution in [2.24, 2.45) is 11.8 Å². The summed E-state index contributed by atoms with van der Waals surface area (Å²) in [7, 11) is 0. The third-order valence-corrected chi connectivity index (χ3v) is 10.4. The summed E-state index contributed by atoms with van der Waals surface area (Å²) in [6, 6.07) is 22.8. The molecule has 3 fully saturated rings. The summed E-state index contributed by atoms with van der Waals surface area (Å²) in [5, 5.41) is 14.2. The zero-order valence-electron chi connectivity index (χ0n) is 28.2. The molecule has 0 unspecified atom stereocenters. The zero-order valence-corrected chi connectivity index (χ0v) is 29.0. The van der Waals surface area contributed by atoms with E-state index in [4.69, 9.17) is 21.1 Å². The van der Waals surface area contributed by atoms with Gasteiger partial charge in [-0.05, 0) is 54.7 Å². The molecule has 3 aliphatic heterocycles. The molecule has 11 heteroatoms. The Morgan fingerprint density at radius 2 is 1.69 bits per heavy atom. The van der Waals surface area contributed by atoms with Crippen LogP contribution in [-0.4, -0.2) is 71.1 Å². The highest BCUT2D eigenvalue weighted by molar-refractivity contribution is 6.30. The van der Waals surface area contributed by atoms with Crippen LogP contribution in [0.5, 0.6) is 0 Å². The molecule has 3 aliphatic rings. The van der Waals surface area contributed by atoms with Crippen LogP contribution in [0.3, 0.4) is 0 Å². The molecule has 2 N–H and O–H groups in total. The van der Waals surface area contributed by atoms with Gasteiger partial charge in [0, 0.05) is 23.7 Å². The van der Waals surface area contributed by atoms with Crippen LogP contribution >= 0.6 is 11.6 Å². The van der Waals surface area contributed by atoms with Gasteiger partial charge in [0.25, 0.3) is 5.91 Å². The van der Waals surface area contributed by atoms with E-state index < -0.39 is 66.1 Å². The first-order valence-corrected chi connectivity index (χ1v) is 17.6. The Kier molecular flexibility index (Phi) is 11.0. The molecular weight excluding hydrogens is 670 g/mol. The van der Waals surface area contributed by atoms with Crippen LogP contribution in [0.15, 0.2) is 110 Å². The molecule has 266 valence electrons. The third kappa shape index (κ3) is 6.96. The normalized spacial score (nSPS) is 24.4. The molecule has 2 bridgehead atoms. The van der Waals surface area contributed by atoms with E-state index in [1.54, 1.807) is 72.8 Å². The summed E-state index contributed by atoms with van der Waals surface area (Å²) >= 11 is 6.18.